The van der Waals surface area contributed by atoms with Gasteiger partial charge in [0.15, 0.2) is 0 Å². The molecule has 0 atom stereocenters. The summed E-state index contributed by atoms with van der Waals surface area (Å²) in [6.07, 6.45) is 0.0804. The second-order valence-corrected chi connectivity index (χ2v) is 8.34. The maximum atomic E-state index is 13.1. The van der Waals surface area contributed by atoms with Gasteiger partial charge in [0.25, 0.3) is 5.56 Å². The molecule has 3 heterocycles. The van der Waals surface area contributed by atoms with E-state index in [9.17, 15) is 4.79 Å². The Morgan fingerprint density at radius 1 is 1.17 bits per heavy atom. The molecule has 8 nitrogen and oxygen atoms in total. The molecule has 160 valence electrons. The normalized spacial score (nSPS) is 14.8. The molecule has 0 bridgehead atoms. The lowest BCUT2D eigenvalue weighted by Crippen LogP contribution is -2.41. The van der Waals surface area contributed by atoms with E-state index in [4.69, 9.17) is 9.47 Å². The van der Waals surface area contributed by atoms with Crippen LogP contribution >= 0.6 is 0 Å². The molecule has 8 heteroatoms. The molecule has 30 heavy (non-hydrogen) atoms. The lowest BCUT2D eigenvalue weighted by Gasteiger charge is -2.28. The van der Waals surface area contributed by atoms with Crippen molar-refractivity contribution in [1.82, 2.24) is 20.0 Å². The largest absolute Gasteiger partial charge is 0.491 e. The van der Waals surface area contributed by atoms with Gasteiger partial charge in [0.2, 0.25) is 0 Å². The molecule has 1 aliphatic heterocycles. The van der Waals surface area contributed by atoms with Crippen molar-refractivity contribution in [1.29, 1.82) is 0 Å². The second kappa shape index (κ2) is 8.47. The number of anilines is 1. The van der Waals surface area contributed by atoms with Crippen molar-refractivity contribution in [2.24, 2.45) is 5.92 Å². The van der Waals surface area contributed by atoms with Gasteiger partial charge in [-0.05, 0) is 44.0 Å². The predicted molar refractivity (Wildman–Crippen MR) is 117 cm³/mol. The van der Waals surface area contributed by atoms with E-state index >= 15 is 0 Å². The van der Waals surface area contributed by atoms with Crippen LogP contribution in [0.15, 0.2) is 29.1 Å². The van der Waals surface area contributed by atoms with Gasteiger partial charge >= 0.3 is 0 Å². The summed E-state index contributed by atoms with van der Waals surface area (Å²) >= 11 is 0. The lowest BCUT2D eigenvalue weighted by molar-refractivity contribution is 0.122. The van der Waals surface area contributed by atoms with Crippen LogP contribution in [0.4, 0.5) is 5.69 Å². The Morgan fingerprint density at radius 3 is 2.63 bits per heavy atom. The van der Waals surface area contributed by atoms with Crippen LogP contribution in [-0.2, 0) is 11.3 Å². The molecule has 0 amide bonds. The Morgan fingerprint density at radius 2 is 1.93 bits per heavy atom. The molecule has 4 rings (SSSR count). The molecule has 2 aromatic heterocycles. The number of morpholine rings is 1. The summed E-state index contributed by atoms with van der Waals surface area (Å²) < 4.78 is 12.9. The first-order valence-electron chi connectivity index (χ1n) is 10.5. The minimum absolute atomic E-state index is 0.0713. The van der Waals surface area contributed by atoms with Crippen LogP contribution in [0, 0.1) is 5.92 Å². The number of aromatic nitrogens is 4. The van der Waals surface area contributed by atoms with Gasteiger partial charge in [-0.1, -0.05) is 13.8 Å². The smallest absolute Gasteiger partial charge is 0.290 e. The van der Waals surface area contributed by atoms with Crippen molar-refractivity contribution in [3.8, 4) is 17.1 Å². The van der Waals surface area contributed by atoms with E-state index in [0.717, 1.165) is 16.7 Å². The number of ether oxygens (including phenoxy) is 2. The zero-order valence-electron chi connectivity index (χ0n) is 18.0. The van der Waals surface area contributed by atoms with Crippen LogP contribution in [-0.4, -0.2) is 52.4 Å². The molecular weight excluding hydrogens is 382 g/mol. The summed E-state index contributed by atoms with van der Waals surface area (Å²) in [6.45, 7) is 11.3. The number of nitrogens with zero attached hydrogens (tertiary/aromatic N) is 4. The van der Waals surface area contributed by atoms with Crippen LogP contribution in [0.3, 0.4) is 0 Å². The van der Waals surface area contributed by atoms with E-state index in [0.29, 0.717) is 55.8 Å². The minimum atomic E-state index is -0.0713. The van der Waals surface area contributed by atoms with Gasteiger partial charge in [0.1, 0.15) is 22.8 Å². The Hall–Kier alpha value is -2.87. The van der Waals surface area contributed by atoms with Gasteiger partial charge in [-0.2, -0.15) is 10.2 Å². The zero-order valence-corrected chi connectivity index (χ0v) is 18.0. The number of fused-ring (bicyclic) bond motifs is 1. The first kappa shape index (κ1) is 20.4. The molecule has 1 N–H and O–H groups in total. The SMILES string of the molecule is CC(C)Cn1nc(-c2n[nH]c3ccc(OC(C)C)cc23)cc(N2CCOCC2)c1=O. The number of rotatable bonds is 6. The van der Waals surface area contributed by atoms with Gasteiger partial charge in [0.05, 0.1) is 24.8 Å². The van der Waals surface area contributed by atoms with Crippen LogP contribution in [0.25, 0.3) is 22.3 Å². The van der Waals surface area contributed by atoms with Crippen molar-refractivity contribution < 1.29 is 9.47 Å². The molecule has 0 aliphatic carbocycles. The Bertz CT molecular complexity index is 1080. The molecule has 0 radical (unpaired) electrons. The first-order valence-corrected chi connectivity index (χ1v) is 10.5. The molecule has 0 spiro atoms. The second-order valence-electron chi connectivity index (χ2n) is 8.34. The van der Waals surface area contributed by atoms with Gasteiger partial charge in [0, 0.05) is 25.0 Å². The van der Waals surface area contributed by atoms with Gasteiger partial charge in [-0.15, -0.1) is 0 Å². The molecule has 0 saturated carbocycles. The van der Waals surface area contributed by atoms with Gasteiger partial charge in [-0.3, -0.25) is 9.89 Å². The van der Waals surface area contributed by atoms with Crippen LogP contribution in [0.5, 0.6) is 5.75 Å². The van der Waals surface area contributed by atoms with E-state index in [1.54, 1.807) is 4.68 Å². The monoisotopic (exact) mass is 411 g/mol. The zero-order chi connectivity index (χ0) is 21.3. The minimum Gasteiger partial charge on any atom is -0.491 e. The fourth-order valence-corrected chi connectivity index (χ4v) is 3.68. The molecule has 1 aromatic carbocycles. The maximum Gasteiger partial charge on any atom is 0.290 e. The van der Waals surface area contributed by atoms with E-state index < -0.39 is 0 Å². The summed E-state index contributed by atoms with van der Waals surface area (Å²) in [5.74, 6) is 1.08. The highest BCUT2D eigenvalue weighted by Gasteiger charge is 2.21. The van der Waals surface area contributed by atoms with Gasteiger partial charge < -0.3 is 14.4 Å². The average molecular weight is 412 g/mol. The molecule has 0 unspecified atom stereocenters. The third kappa shape index (κ3) is 4.18. The lowest BCUT2D eigenvalue weighted by atomic mass is 10.1. The Labute approximate surface area is 175 Å². The average Bonchev–Trinajstić information content (AvgIpc) is 3.12. The van der Waals surface area contributed by atoms with Crippen LogP contribution in [0.1, 0.15) is 27.7 Å². The van der Waals surface area contributed by atoms with Crippen molar-refractivity contribution in [2.45, 2.75) is 40.3 Å². The van der Waals surface area contributed by atoms with Gasteiger partial charge in [-0.25, -0.2) is 4.68 Å². The molecule has 3 aromatic rings. The highest BCUT2D eigenvalue weighted by molar-refractivity contribution is 5.93. The fraction of sp³-hybridized carbons (Fsp3) is 0.500. The summed E-state index contributed by atoms with van der Waals surface area (Å²) in [5.41, 5.74) is 2.86. The number of aromatic amines is 1. The first-order chi connectivity index (χ1) is 14.4. The standard InChI is InChI=1S/C22H29N5O3/c1-14(2)13-27-22(28)20(26-7-9-29-10-8-26)12-19(25-27)21-17-11-16(30-15(3)4)5-6-18(17)23-24-21/h5-6,11-12,14-15H,7-10,13H2,1-4H3,(H,23,24). The van der Waals surface area contributed by atoms with E-state index in [-0.39, 0.29) is 11.7 Å². The molecule has 1 aliphatic rings. The number of hydrogen-bond acceptors (Lipinski definition) is 6. The summed E-state index contributed by atoms with van der Waals surface area (Å²) in [5, 5.41) is 13.2. The quantitative estimate of drug-likeness (QED) is 0.671. The third-order valence-electron chi connectivity index (χ3n) is 4.99. The van der Waals surface area contributed by atoms with Crippen LogP contribution in [0.2, 0.25) is 0 Å². The third-order valence-corrected chi connectivity index (χ3v) is 4.99. The molecule has 1 fully saturated rings. The van der Waals surface area contributed by atoms with Crippen LogP contribution < -0.4 is 15.2 Å². The van der Waals surface area contributed by atoms with Crippen molar-refractivity contribution >= 4 is 16.6 Å². The number of nitrogens with one attached hydrogen (secondary N) is 1. The number of hydrogen-bond donors (Lipinski definition) is 1. The Balaban J connectivity index is 1.84. The highest BCUT2D eigenvalue weighted by atomic mass is 16.5. The summed E-state index contributed by atoms with van der Waals surface area (Å²) in [6, 6.07) is 7.71. The molecular formula is C22H29N5O3. The van der Waals surface area contributed by atoms with Crippen molar-refractivity contribution in [3.05, 3.63) is 34.6 Å². The summed E-state index contributed by atoms with van der Waals surface area (Å²) in [7, 11) is 0. The van der Waals surface area contributed by atoms with E-state index in [1.165, 1.54) is 0 Å². The Kier molecular flexibility index (Phi) is 5.76. The number of benzene rings is 1. The maximum absolute atomic E-state index is 13.1. The van der Waals surface area contributed by atoms with Crippen molar-refractivity contribution in [2.75, 3.05) is 31.2 Å². The predicted octanol–water partition coefficient (Wildman–Crippen LogP) is 3.07. The van der Waals surface area contributed by atoms with Crippen molar-refractivity contribution in [3.63, 3.8) is 0 Å². The fourth-order valence-electron chi connectivity index (χ4n) is 3.68. The number of H-pyrrole nitrogens is 1. The molecule has 1 saturated heterocycles. The topological polar surface area (TPSA) is 85.3 Å². The van der Waals surface area contributed by atoms with E-state index in [1.807, 2.05) is 38.1 Å². The highest BCUT2D eigenvalue weighted by Crippen LogP contribution is 2.29. The van der Waals surface area contributed by atoms with E-state index in [2.05, 4.69) is 34.0 Å². The summed E-state index contributed by atoms with van der Waals surface area (Å²) in [4.78, 5) is 15.2.